The Morgan fingerprint density at radius 1 is 1.20 bits per heavy atom. The minimum absolute atomic E-state index is 0.855. The lowest BCUT2D eigenvalue weighted by Crippen LogP contribution is -1.81. The van der Waals surface area contributed by atoms with Crippen LogP contribution in [-0.4, -0.2) is 16.2 Å². The van der Waals surface area contributed by atoms with E-state index in [1.807, 2.05) is 36.7 Å². The molecular weight excluding hydrogens is 186 g/mol. The molecule has 2 heterocycles. The number of fused-ring (bicyclic) bond motifs is 1. The molecule has 0 unspecified atom stereocenters. The lowest BCUT2D eigenvalue weighted by atomic mass is 10.1. The first-order valence-corrected chi connectivity index (χ1v) is 4.78. The maximum absolute atomic E-state index is 4.33. The minimum atomic E-state index is 0.855. The van der Waals surface area contributed by atoms with Gasteiger partial charge in [0.05, 0.1) is 5.69 Å². The minimum Gasteiger partial charge on any atom is -0.345 e. The molecule has 3 rings (SSSR count). The van der Waals surface area contributed by atoms with Crippen molar-refractivity contribution in [3.8, 4) is 0 Å². The smallest absolute Gasteiger partial charge is 0.130 e. The van der Waals surface area contributed by atoms with E-state index in [4.69, 9.17) is 0 Å². The lowest BCUT2D eigenvalue weighted by Gasteiger charge is -1.97. The number of aromatic nitrogens is 2. The van der Waals surface area contributed by atoms with Gasteiger partial charge in [-0.1, -0.05) is 18.2 Å². The molecule has 2 aromatic rings. The van der Waals surface area contributed by atoms with Gasteiger partial charge in [-0.2, -0.15) is 0 Å². The molecule has 0 aliphatic carbocycles. The number of hydrogen-bond donors (Lipinski definition) is 1. The maximum Gasteiger partial charge on any atom is 0.130 e. The summed E-state index contributed by atoms with van der Waals surface area (Å²) in [6.45, 7) is 0. The van der Waals surface area contributed by atoms with Crippen LogP contribution in [0.3, 0.4) is 0 Å². The molecule has 72 valence electrons. The topological polar surface area (TPSA) is 41.0 Å². The zero-order valence-electron chi connectivity index (χ0n) is 8.01. The Kier molecular flexibility index (Phi) is 1.75. The van der Waals surface area contributed by atoms with E-state index in [0.717, 1.165) is 22.6 Å². The number of H-pyrrole nitrogens is 1. The van der Waals surface area contributed by atoms with Gasteiger partial charge in [0.25, 0.3) is 0 Å². The summed E-state index contributed by atoms with van der Waals surface area (Å²) in [5.41, 5.74) is 3.28. The molecule has 0 fully saturated rings. The van der Waals surface area contributed by atoms with Crippen molar-refractivity contribution in [3.05, 3.63) is 48.0 Å². The Balaban J connectivity index is 2.08. The number of nitrogens with one attached hydrogen (secondary N) is 1. The highest BCUT2D eigenvalue weighted by molar-refractivity contribution is 6.21. The zero-order valence-corrected chi connectivity index (χ0v) is 8.01. The molecule has 15 heavy (non-hydrogen) atoms. The molecule has 1 aromatic heterocycles. The Bertz CT molecular complexity index is 536. The van der Waals surface area contributed by atoms with Crippen molar-refractivity contribution in [2.45, 2.75) is 0 Å². The van der Waals surface area contributed by atoms with E-state index in [-0.39, 0.29) is 0 Å². The van der Waals surface area contributed by atoms with Gasteiger partial charge in [-0.3, -0.25) is 4.99 Å². The zero-order chi connectivity index (χ0) is 10.1. The average molecular weight is 195 g/mol. The van der Waals surface area contributed by atoms with Gasteiger partial charge in [0.2, 0.25) is 0 Å². The number of nitrogens with zero attached hydrogens (tertiary/aromatic N) is 2. The molecule has 0 saturated heterocycles. The molecule has 0 atom stereocenters. The van der Waals surface area contributed by atoms with Crippen LogP contribution in [0.15, 0.2) is 41.7 Å². The fraction of sp³-hybridized carbons (Fsp3) is 0. The number of para-hydroxylation sites is 1. The van der Waals surface area contributed by atoms with Crippen molar-refractivity contribution in [1.29, 1.82) is 0 Å². The van der Waals surface area contributed by atoms with Gasteiger partial charge < -0.3 is 4.98 Å². The predicted molar refractivity (Wildman–Crippen MR) is 61.1 cm³/mol. The average Bonchev–Trinajstić information content (AvgIpc) is 2.89. The highest BCUT2D eigenvalue weighted by Crippen LogP contribution is 2.31. The molecule has 1 aliphatic rings. The molecule has 3 heteroatoms. The van der Waals surface area contributed by atoms with E-state index < -0.39 is 0 Å². The molecule has 3 nitrogen and oxygen atoms in total. The first-order valence-electron chi connectivity index (χ1n) is 4.78. The Hall–Kier alpha value is -2.16. The van der Waals surface area contributed by atoms with E-state index in [2.05, 4.69) is 21.0 Å². The summed E-state index contributed by atoms with van der Waals surface area (Å²) in [6.07, 6.45) is 7.41. The second-order valence-electron chi connectivity index (χ2n) is 3.35. The van der Waals surface area contributed by atoms with Gasteiger partial charge in [0.1, 0.15) is 5.82 Å². The van der Waals surface area contributed by atoms with Crippen molar-refractivity contribution in [3.63, 3.8) is 0 Å². The summed E-state index contributed by atoms with van der Waals surface area (Å²) in [6, 6.07) is 8.08. The molecular formula is C12H9N3. The first-order chi connectivity index (χ1) is 7.43. The van der Waals surface area contributed by atoms with Gasteiger partial charge in [-0.25, -0.2) is 4.98 Å². The van der Waals surface area contributed by atoms with Crippen LogP contribution in [0.4, 0.5) is 5.69 Å². The van der Waals surface area contributed by atoms with Gasteiger partial charge in [0, 0.05) is 29.7 Å². The van der Waals surface area contributed by atoms with Crippen LogP contribution in [0.25, 0.3) is 11.6 Å². The normalized spacial score (nSPS) is 15.9. The summed E-state index contributed by atoms with van der Waals surface area (Å²) < 4.78 is 0. The van der Waals surface area contributed by atoms with E-state index in [1.165, 1.54) is 0 Å². The van der Waals surface area contributed by atoms with Crippen LogP contribution in [-0.2, 0) is 0 Å². The van der Waals surface area contributed by atoms with Crippen LogP contribution >= 0.6 is 0 Å². The van der Waals surface area contributed by atoms with Crippen molar-refractivity contribution in [2.75, 3.05) is 0 Å². The third-order valence-electron chi connectivity index (χ3n) is 2.37. The first kappa shape index (κ1) is 8.17. The quantitative estimate of drug-likeness (QED) is 0.746. The summed E-state index contributed by atoms with van der Waals surface area (Å²) in [7, 11) is 0. The van der Waals surface area contributed by atoms with E-state index in [1.54, 1.807) is 6.20 Å². The van der Waals surface area contributed by atoms with Crippen LogP contribution in [0.1, 0.15) is 11.4 Å². The molecule has 0 amide bonds. The van der Waals surface area contributed by atoms with Crippen LogP contribution in [0, 0.1) is 0 Å². The Morgan fingerprint density at radius 3 is 3.00 bits per heavy atom. The van der Waals surface area contributed by atoms with E-state index >= 15 is 0 Å². The van der Waals surface area contributed by atoms with E-state index in [9.17, 15) is 0 Å². The fourth-order valence-corrected chi connectivity index (χ4v) is 1.66. The van der Waals surface area contributed by atoms with Gasteiger partial charge >= 0.3 is 0 Å². The maximum atomic E-state index is 4.33. The Labute approximate surface area is 87.2 Å². The predicted octanol–water partition coefficient (Wildman–Crippen LogP) is 2.67. The van der Waals surface area contributed by atoms with Crippen LogP contribution < -0.4 is 0 Å². The summed E-state index contributed by atoms with van der Waals surface area (Å²) >= 11 is 0. The van der Waals surface area contributed by atoms with Crippen molar-refractivity contribution in [2.24, 2.45) is 4.99 Å². The number of hydrogen-bond acceptors (Lipinski definition) is 2. The monoisotopic (exact) mass is 195 g/mol. The van der Waals surface area contributed by atoms with Gasteiger partial charge in [-0.15, -0.1) is 0 Å². The number of aromatic amines is 1. The van der Waals surface area contributed by atoms with Crippen molar-refractivity contribution >= 4 is 23.6 Å². The largest absolute Gasteiger partial charge is 0.345 e. The third kappa shape index (κ3) is 1.38. The molecule has 0 bridgehead atoms. The Morgan fingerprint density at radius 2 is 2.13 bits per heavy atom. The summed E-state index contributed by atoms with van der Waals surface area (Å²) in [5, 5.41) is 0. The van der Waals surface area contributed by atoms with Crippen molar-refractivity contribution in [1.82, 2.24) is 9.97 Å². The third-order valence-corrected chi connectivity index (χ3v) is 2.37. The fourth-order valence-electron chi connectivity index (χ4n) is 1.66. The molecule has 0 saturated carbocycles. The standard InChI is InChI=1S/C12H9N3/c1-2-4-11-10(3-1)9(8-15-11)7-12-13-5-6-14-12/h1-8H,(H,13,14). The summed E-state index contributed by atoms with van der Waals surface area (Å²) in [4.78, 5) is 11.5. The number of aliphatic imine (C=N–C) groups is 1. The van der Waals surface area contributed by atoms with Gasteiger partial charge in [-0.05, 0) is 12.1 Å². The van der Waals surface area contributed by atoms with E-state index in [0.29, 0.717) is 0 Å². The molecule has 0 radical (unpaired) electrons. The SMILES string of the molecule is C1=Nc2ccccc2C1=Cc1ncc[nH]1. The number of imidazole rings is 1. The summed E-state index contributed by atoms with van der Waals surface area (Å²) in [5.74, 6) is 0.855. The molecule has 0 spiro atoms. The lowest BCUT2D eigenvalue weighted by molar-refractivity contribution is 1.27. The highest BCUT2D eigenvalue weighted by atomic mass is 14.9. The number of rotatable bonds is 1. The second-order valence-corrected chi connectivity index (χ2v) is 3.35. The second kappa shape index (κ2) is 3.20. The molecule has 1 N–H and O–H groups in total. The highest BCUT2D eigenvalue weighted by Gasteiger charge is 2.10. The number of allylic oxidation sites excluding steroid dienone is 1. The van der Waals surface area contributed by atoms with Crippen LogP contribution in [0.2, 0.25) is 0 Å². The molecule has 1 aromatic carbocycles. The van der Waals surface area contributed by atoms with Crippen LogP contribution in [0.5, 0.6) is 0 Å². The molecule has 1 aliphatic heterocycles. The van der Waals surface area contributed by atoms with Crippen molar-refractivity contribution < 1.29 is 0 Å². The van der Waals surface area contributed by atoms with Gasteiger partial charge in [0.15, 0.2) is 0 Å². The number of benzene rings is 1.